The summed E-state index contributed by atoms with van der Waals surface area (Å²) >= 11 is 0. The highest BCUT2D eigenvalue weighted by Gasteiger charge is 2.52. The lowest BCUT2D eigenvalue weighted by atomic mass is 9.69. The first-order valence-electron chi connectivity index (χ1n) is 15.2. The van der Waals surface area contributed by atoms with Gasteiger partial charge >= 0.3 is 0 Å². The van der Waals surface area contributed by atoms with E-state index < -0.39 is 5.66 Å². The smallest absolute Gasteiger partial charge is 0.280 e. The molecule has 42 heavy (non-hydrogen) atoms. The second-order valence-corrected chi connectivity index (χ2v) is 13.3. The number of amides is 2. The molecule has 220 valence electrons. The standard InChI is InChI=1S/C34H40FN5O2/c1-6-28(22-7-9-23(10-8-22)31(41)36-18-25-19-37-39-20-29(25)39)40-32(42)30(24-15-21(2)16-27(35)17-24)38-34(40)13-11-26(12-14-34)33(3,4)5/h7-10,15-17,19,26,28H,6,11-14,18,20H2,1-5H3,(H,36,41)/p+1. The maximum atomic E-state index is 14.5. The van der Waals surface area contributed by atoms with E-state index in [-0.39, 0.29) is 29.1 Å². The van der Waals surface area contributed by atoms with Crippen LogP contribution in [0.3, 0.4) is 0 Å². The van der Waals surface area contributed by atoms with E-state index in [9.17, 15) is 14.0 Å². The van der Waals surface area contributed by atoms with Crippen LogP contribution >= 0.6 is 0 Å². The van der Waals surface area contributed by atoms with E-state index >= 15 is 0 Å². The van der Waals surface area contributed by atoms with Gasteiger partial charge in [-0.15, -0.1) is 0 Å². The number of hydrogen-bond donors (Lipinski definition) is 2. The minimum absolute atomic E-state index is 0.128. The molecule has 6 rings (SSSR count). The maximum absolute atomic E-state index is 14.5. The normalized spacial score (nSPS) is 22.2. The third-order valence-electron chi connectivity index (χ3n) is 9.51. The summed E-state index contributed by atoms with van der Waals surface area (Å²) in [5.41, 5.74) is 5.06. The number of hydrogen-bond acceptors (Lipinski definition) is 3. The summed E-state index contributed by atoms with van der Waals surface area (Å²) in [7, 11) is 0. The molecule has 1 spiro atoms. The monoisotopic (exact) mass is 570 g/mol. The van der Waals surface area contributed by atoms with E-state index in [1.807, 2.05) is 53.0 Å². The molecule has 8 heteroatoms. The lowest BCUT2D eigenvalue weighted by Crippen LogP contribution is -2.51. The van der Waals surface area contributed by atoms with Gasteiger partial charge in [-0.1, -0.05) is 44.5 Å². The molecule has 0 bridgehead atoms. The summed E-state index contributed by atoms with van der Waals surface area (Å²) in [6.07, 6.45) is 6.12. The highest BCUT2D eigenvalue weighted by Crippen LogP contribution is 2.49. The van der Waals surface area contributed by atoms with E-state index in [2.05, 4.69) is 38.1 Å². The van der Waals surface area contributed by atoms with E-state index in [0.717, 1.165) is 48.9 Å². The lowest BCUT2D eigenvalue weighted by Gasteiger charge is -2.47. The zero-order valence-corrected chi connectivity index (χ0v) is 25.3. The van der Waals surface area contributed by atoms with Gasteiger partial charge in [0, 0.05) is 11.1 Å². The molecule has 3 aliphatic rings. The van der Waals surface area contributed by atoms with Crippen molar-refractivity contribution in [1.82, 2.24) is 15.3 Å². The van der Waals surface area contributed by atoms with Crippen molar-refractivity contribution in [2.45, 2.75) is 91.5 Å². The summed E-state index contributed by atoms with van der Waals surface area (Å²) in [5.74, 6) is -0.0888. The molecular formula is C34H41FN5O2+. The Morgan fingerprint density at radius 3 is 2.48 bits per heavy atom. The van der Waals surface area contributed by atoms with Crippen LogP contribution < -0.4 is 10.00 Å². The maximum Gasteiger partial charge on any atom is 0.280 e. The van der Waals surface area contributed by atoms with Gasteiger partial charge in [0.1, 0.15) is 17.2 Å². The molecule has 2 amide bonds. The van der Waals surface area contributed by atoms with E-state index in [1.54, 1.807) is 0 Å². The molecule has 1 aromatic heterocycles. The second kappa shape index (κ2) is 10.5. The molecular weight excluding hydrogens is 529 g/mol. The summed E-state index contributed by atoms with van der Waals surface area (Å²) < 4.78 is 16.5. The Balaban J connectivity index is 1.28. The summed E-state index contributed by atoms with van der Waals surface area (Å²) in [5, 5.41) is 6.15. The van der Waals surface area contributed by atoms with Gasteiger partial charge in [-0.2, -0.15) is 5.10 Å². The van der Waals surface area contributed by atoms with Gasteiger partial charge in [0.2, 0.25) is 0 Å². The number of carbonyl (C=O) groups excluding carboxylic acids is 2. The van der Waals surface area contributed by atoms with E-state index in [4.69, 9.17) is 4.99 Å². The number of nitrogens with zero attached hydrogens (tertiary/aromatic N) is 3. The summed E-state index contributed by atoms with van der Waals surface area (Å²) in [4.78, 5) is 34.3. The Hall–Kier alpha value is -3.81. The Morgan fingerprint density at radius 2 is 1.90 bits per heavy atom. The van der Waals surface area contributed by atoms with Crippen molar-refractivity contribution in [3.8, 4) is 0 Å². The SMILES string of the molecule is CCC(c1ccc(C(=O)NCc2c[nH][n+]3c2C3)cc1)N1C(=O)C(c2cc(C)cc(F)c2)=NC12CCC(C(C)(C)C)CC2. The van der Waals surface area contributed by atoms with Gasteiger partial charge in [0.15, 0.2) is 0 Å². The van der Waals surface area contributed by atoms with E-state index in [1.165, 1.54) is 17.8 Å². The van der Waals surface area contributed by atoms with Crippen molar-refractivity contribution < 1.29 is 18.7 Å². The fraction of sp³-hybridized carbons (Fsp3) is 0.471. The number of nitrogens with one attached hydrogen (secondary N) is 2. The van der Waals surface area contributed by atoms with Crippen LogP contribution in [-0.4, -0.2) is 33.2 Å². The number of benzene rings is 2. The van der Waals surface area contributed by atoms with Gasteiger partial charge in [-0.3, -0.25) is 14.6 Å². The topological polar surface area (TPSA) is 81.4 Å². The largest absolute Gasteiger partial charge is 0.348 e. The number of rotatable bonds is 7. The van der Waals surface area contributed by atoms with Crippen molar-refractivity contribution in [3.05, 3.63) is 88.0 Å². The Kier molecular flexibility index (Phi) is 7.06. The van der Waals surface area contributed by atoms with Gasteiger partial charge in [0.25, 0.3) is 24.1 Å². The van der Waals surface area contributed by atoms with Crippen LogP contribution in [0, 0.1) is 24.1 Å². The molecule has 2 aromatic carbocycles. The first-order chi connectivity index (χ1) is 20.0. The van der Waals surface area contributed by atoms with Crippen LogP contribution in [0.1, 0.15) is 104 Å². The third kappa shape index (κ3) is 5.16. The quantitative estimate of drug-likeness (QED) is 0.277. The minimum Gasteiger partial charge on any atom is -0.348 e. The molecule has 3 aromatic rings. The number of aromatic amines is 1. The fourth-order valence-electron chi connectivity index (χ4n) is 7.01. The number of carbonyl (C=O) groups is 2. The molecule has 1 aliphatic carbocycles. The van der Waals surface area contributed by atoms with Crippen LogP contribution in [0.5, 0.6) is 0 Å². The molecule has 0 saturated heterocycles. The average molecular weight is 571 g/mol. The van der Waals surface area contributed by atoms with Crippen LogP contribution in [0.25, 0.3) is 0 Å². The Labute approximate surface area is 247 Å². The molecule has 0 radical (unpaired) electrons. The van der Waals surface area contributed by atoms with Gasteiger partial charge < -0.3 is 10.2 Å². The lowest BCUT2D eigenvalue weighted by molar-refractivity contribution is -0.635. The van der Waals surface area contributed by atoms with Gasteiger partial charge in [-0.05, 0) is 91.8 Å². The molecule has 7 nitrogen and oxygen atoms in total. The first kappa shape index (κ1) is 28.3. The number of aryl methyl sites for hydroxylation is 1. The molecule has 1 unspecified atom stereocenters. The Bertz CT molecular complexity index is 1540. The van der Waals surface area contributed by atoms with Crippen LogP contribution in [-0.2, 0) is 17.9 Å². The highest BCUT2D eigenvalue weighted by molar-refractivity contribution is 6.46. The zero-order chi connectivity index (χ0) is 29.8. The highest BCUT2D eigenvalue weighted by atomic mass is 19.1. The fourth-order valence-corrected chi connectivity index (χ4v) is 7.01. The second-order valence-electron chi connectivity index (χ2n) is 13.3. The molecule has 3 heterocycles. The van der Waals surface area contributed by atoms with Crippen LogP contribution in [0.4, 0.5) is 4.39 Å². The zero-order valence-electron chi connectivity index (χ0n) is 25.3. The third-order valence-corrected chi connectivity index (χ3v) is 9.51. The number of halogens is 1. The van der Waals surface area contributed by atoms with Crippen LogP contribution in [0.2, 0.25) is 0 Å². The predicted octanol–water partition coefficient (Wildman–Crippen LogP) is 5.76. The summed E-state index contributed by atoms with van der Waals surface area (Å²) in [6.45, 7) is 12.2. The average Bonchev–Trinajstić information content (AvgIpc) is 3.54. The number of fused-ring (bicyclic) bond motifs is 1. The molecule has 1 atom stereocenters. The van der Waals surface area contributed by atoms with Crippen molar-refractivity contribution in [1.29, 1.82) is 0 Å². The van der Waals surface area contributed by atoms with Crippen molar-refractivity contribution >= 4 is 17.5 Å². The van der Waals surface area contributed by atoms with E-state index in [0.29, 0.717) is 35.7 Å². The van der Waals surface area contributed by atoms with Crippen molar-refractivity contribution in [2.24, 2.45) is 16.3 Å². The number of aliphatic imine (C=N–C) groups is 1. The number of H-pyrrole nitrogens is 1. The summed E-state index contributed by atoms with van der Waals surface area (Å²) in [6, 6.07) is 12.1. The van der Waals surface area contributed by atoms with Gasteiger partial charge in [-0.25, -0.2) is 4.39 Å². The molecule has 2 N–H and O–H groups in total. The first-order valence-corrected chi connectivity index (χ1v) is 15.2. The molecule has 1 fully saturated rings. The molecule has 2 aliphatic heterocycles. The van der Waals surface area contributed by atoms with Crippen molar-refractivity contribution in [3.63, 3.8) is 0 Å². The van der Waals surface area contributed by atoms with Crippen molar-refractivity contribution in [2.75, 3.05) is 0 Å². The Morgan fingerprint density at radius 1 is 1.19 bits per heavy atom. The van der Waals surface area contributed by atoms with Gasteiger partial charge in [0.05, 0.1) is 24.3 Å². The minimum atomic E-state index is -0.664. The van der Waals surface area contributed by atoms with Crippen LogP contribution in [0.15, 0.2) is 53.7 Å². The number of aromatic nitrogens is 2. The molecule has 1 saturated carbocycles. The predicted molar refractivity (Wildman–Crippen MR) is 159 cm³/mol.